The minimum atomic E-state index is -4.41. The van der Waals surface area contributed by atoms with Crippen LogP contribution in [0.3, 0.4) is 0 Å². The zero-order valence-corrected chi connectivity index (χ0v) is 10.9. The number of hydrogen-bond donors (Lipinski definition) is 1. The third-order valence-corrected chi connectivity index (χ3v) is 3.63. The van der Waals surface area contributed by atoms with E-state index in [1.165, 1.54) is 12.1 Å². The molecule has 0 saturated heterocycles. The van der Waals surface area contributed by atoms with Crippen LogP contribution >= 0.6 is 15.9 Å². The molecule has 1 saturated carbocycles. The molecule has 18 heavy (non-hydrogen) atoms. The van der Waals surface area contributed by atoms with Crippen LogP contribution in [0.1, 0.15) is 35.2 Å². The Kier molecular flexibility index (Phi) is 3.66. The molecule has 1 aliphatic carbocycles. The normalized spacial score (nSPS) is 16.2. The summed E-state index contributed by atoms with van der Waals surface area (Å²) in [5.41, 5.74) is -0.538. The van der Waals surface area contributed by atoms with Gasteiger partial charge in [0.05, 0.1) is 5.56 Å². The zero-order chi connectivity index (χ0) is 13.3. The smallest absolute Gasteiger partial charge is 0.349 e. The Balaban J connectivity index is 2.15. The maximum atomic E-state index is 12.5. The number of benzene rings is 1. The summed E-state index contributed by atoms with van der Waals surface area (Å²) in [5.74, 6) is -0.325. The average Bonchev–Trinajstić information content (AvgIpc) is 2.21. The second-order valence-electron chi connectivity index (χ2n) is 4.29. The quantitative estimate of drug-likeness (QED) is 0.883. The van der Waals surface area contributed by atoms with Gasteiger partial charge in [-0.15, -0.1) is 0 Å². The van der Waals surface area contributed by atoms with Crippen molar-refractivity contribution in [2.45, 2.75) is 31.5 Å². The van der Waals surface area contributed by atoms with Crippen LogP contribution in [0.4, 0.5) is 13.2 Å². The Morgan fingerprint density at radius 1 is 1.33 bits per heavy atom. The highest BCUT2D eigenvalue weighted by atomic mass is 79.9. The van der Waals surface area contributed by atoms with E-state index in [-0.39, 0.29) is 22.0 Å². The average molecular weight is 322 g/mol. The van der Waals surface area contributed by atoms with Crippen molar-refractivity contribution in [2.75, 3.05) is 0 Å². The molecule has 1 fully saturated rings. The van der Waals surface area contributed by atoms with Gasteiger partial charge in [0.25, 0.3) is 5.91 Å². The van der Waals surface area contributed by atoms with Gasteiger partial charge in [-0.25, -0.2) is 0 Å². The highest BCUT2D eigenvalue weighted by Gasteiger charge is 2.33. The lowest BCUT2D eigenvalue weighted by Crippen LogP contribution is -2.39. The van der Waals surface area contributed by atoms with Crippen LogP contribution in [-0.4, -0.2) is 11.9 Å². The van der Waals surface area contributed by atoms with Crippen molar-refractivity contribution in [3.8, 4) is 0 Å². The van der Waals surface area contributed by atoms with Crippen LogP contribution in [-0.2, 0) is 6.18 Å². The molecule has 2 nitrogen and oxygen atoms in total. The standard InChI is InChI=1S/C12H11BrF3NO/c13-10-6-7(4-5-9(10)12(14,15)16)11(18)17-8-2-1-3-8/h4-6,8H,1-3H2,(H,17,18). The van der Waals surface area contributed by atoms with Crippen molar-refractivity contribution in [1.82, 2.24) is 5.32 Å². The van der Waals surface area contributed by atoms with Crippen LogP contribution in [0, 0.1) is 0 Å². The SMILES string of the molecule is O=C(NC1CCC1)c1ccc(C(F)(F)F)c(Br)c1. The molecule has 1 aliphatic rings. The predicted molar refractivity (Wildman–Crippen MR) is 64.2 cm³/mol. The minimum Gasteiger partial charge on any atom is -0.349 e. The molecule has 6 heteroatoms. The second-order valence-corrected chi connectivity index (χ2v) is 5.15. The van der Waals surface area contributed by atoms with Gasteiger partial charge in [-0.05, 0) is 37.5 Å². The first-order valence-electron chi connectivity index (χ1n) is 5.55. The third kappa shape index (κ3) is 2.85. The van der Waals surface area contributed by atoms with Crippen molar-refractivity contribution < 1.29 is 18.0 Å². The number of nitrogens with one attached hydrogen (secondary N) is 1. The summed E-state index contributed by atoms with van der Waals surface area (Å²) >= 11 is 2.85. The minimum absolute atomic E-state index is 0.115. The Morgan fingerprint density at radius 3 is 2.44 bits per heavy atom. The Labute approximate surface area is 111 Å². The van der Waals surface area contributed by atoms with Crippen molar-refractivity contribution in [1.29, 1.82) is 0 Å². The Hall–Kier alpha value is -1.04. The molecule has 1 aromatic rings. The van der Waals surface area contributed by atoms with E-state index in [9.17, 15) is 18.0 Å². The zero-order valence-electron chi connectivity index (χ0n) is 9.35. The summed E-state index contributed by atoms with van der Waals surface area (Å²) < 4.78 is 37.5. The van der Waals surface area contributed by atoms with Crippen LogP contribution in [0.5, 0.6) is 0 Å². The second kappa shape index (κ2) is 4.91. The van der Waals surface area contributed by atoms with Crippen molar-refractivity contribution in [3.63, 3.8) is 0 Å². The first-order chi connectivity index (χ1) is 8.38. The maximum absolute atomic E-state index is 12.5. The van der Waals surface area contributed by atoms with Crippen LogP contribution in [0.2, 0.25) is 0 Å². The first-order valence-corrected chi connectivity index (χ1v) is 6.35. The fourth-order valence-electron chi connectivity index (χ4n) is 1.71. The molecule has 98 valence electrons. The summed E-state index contributed by atoms with van der Waals surface area (Å²) in [6.07, 6.45) is -1.45. The van der Waals surface area contributed by atoms with E-state index in [1.54, 1.807) is 0 Å². The summed E-state index contributed by atoms with van der Waals surface area (Å²) in [6.45, 7) is 0. The largest absolute Gasteiger partial charge is 0.417 e. The molecule has 1 N–H and O–H groups in total. The van der Waals surface area contributed by atoms with Crippen molar-refractivity contribution in [3.05, 3.63) is 33.8 Å². The molecule has 0 aromatic heterocycles. The molecule has 2 rings (SSSR count). The molecule has 1 amide bonds. The monoisotopic (exact) mass is 321 g/mol. The van der Waals surface area contributed by atoms with E-state index in [0.717, 1.165) is 25.3 Å². The molecule has 0 radical (unpaired) electrons. The molecular weight excluding hydrogens is 311 g/mol. The predicted octanol–water partition coefficient (Wildman–Crippen LogP) is 3.75. The highest BCUT2D eigenvalue weighted by molar-refractivity contribution is 9.10. The van der Waals surface area contributed by atoms with E-state index in [1.807, 2.05) is 0 Å². The molecule has 0 spiro atoms. The maximum Gasteiger partial charge on any atom is 0.417 e. The Bertz CT molecular complexity index is 469. The van der Waals surface area contributed by atoms with E-state index in [2.05, 4.69) is 21.2 Å². The summed E-state index contributed by atoms with van der Waals surface area (Å²) in [6, 6.07) is 3.48. The number of halogens is 4. The fraction of sp³-hybridized carbons (Fsp3) is 0.417. The highest BCUT2D eigenvalue weighted by Crippen LogP contribution is 2.35. The molecular formula is C12H11BrF3NO. The molecule has 1 aromatic carbocycles. The number of alkyl halides is 3. The van der Waals surface area contributed by atoms with Gasteiger partial charge in [0, 0.05) is 16.1 Å². The number of amides is 1. The lowest BCUT2D eigenvalue weighted by Gasteiger charge is -2.26. The van der Waals surface area contributed by atoms with E-state index < -0.39 is 11.7 Å². The van der Waals surface area contributed by atoms with Gasteiger partial charge in [-0.3, -0.25) is 4.79 Å². The fourth-order valence-corrected chi connectivity index (χ4v) is 2.31. The van der Waals surface area contributed by atoms with E-state index in [0.29, 0.717) is 0 Å². The van der Waals surface area contributed by atoms with Crippen LogP contribution < -0.4 is 5.32 Å². The molecule has 0 aliphatic heterocycles. The Morgan fingerprint density at radius 2 is 2.00 bits per heavy atom. The van der Waals surface area contributed by atoms with Gasteiger partial charge in [0.2, 0.25) is 0 Å². The van der Waals surface area contributed by atoms with Gasteiger partial charge in [0.1, 0.15) is 0 Å². The number of hydrogen-bond acceptors (Lipinski definition) is 1. The van der Waals surface area contributed by atoms with Gasteiger partial charge in [-0.2, -0.15) is 13.2 Å². The third-order valence-electron chi connectivity index (χ3n) is 2.98. The number of rotatable bonds is 2. The summed E-state index contributed by atoms with van der Waals surface area (Å²) in [7, 11) is 0. The summed E-state index contributed by atoms with van der Waals surface area (Å²) in [5, 5.41) is 2.78. The van der Waals surface area contributed by atoms with Gasteiger partial charge in [0.15, 0.2) is 0 Å². The lowest BCUT2D eigenvalue weighted by atomic mass is 9.93. The number of carbonyl (C=O) groups excluding carboxylic acids is 1. The lowest BCUT2D eigenvalue weighted by molar-refractivity contribution is -0.138. The van der Waals surface area contributed by atoms with Gasteiger partial charge in [-0.1, -0.05) is 15.9 Å². The van der Waals surface area contributed by atoms with Gasteiger partial charge >= 0.3 is 6.18 Å². The molecule has 0 atom stereocenters. The summed E-state index contributed by atoms with van der Waals surface area (Å²) in [4.78, 5) is 11.7. The van der Waals surface area contributed by atoms with Crippen molar-refractivity contribution >= 4 is 21.8 Å². The number of carbonyl (C=O) groups is 1. The van der Waals surface area contributed by atoms with Gasteiger partial charge < -0.3 is 5.32 Å². The van der Waals surface area contributed by atoms with E-state index >= 15 is 0 Å². The molecule has 0 heterocycles. The van der Waals surface area contributed by atoms with Crippen molar-refractivity contribution in [2.24, 2.45) is 0 Å². The van der Waals surface area contributed by atoms with Crippen LogP contribution in [0.25, 0.3) is 0 Å². The molecule has 0 unspecified atom stereocenters. The first kappa shape index (κ1) is 13.4. The molecule has 0 bridgehead atoms. The van der Waals surface area contributed by atoms with E-state index in [4.69, 9.17) is 0 Å². The van der Waals surface area contributed by atoms with Crippen LogP contribution in [0.15, 0.2) is 22.7 Å². The topological polar surface area (TPSA) is 29.1 Å².